The van der Waals surface area contributed by atoms with E-state index in [0.29, 0.717) is 38.0 Å². The average molecular weight is 555 g/mol. The Balaban J connectivity index is 1.87. The third-order valence-electron chi connectivity index (χ3n) is 8.62. The molecule has 8 heteroatoms. The number of carbonyl (C=O) groups is 4. The summed E-state index contributed by atoms with van der Waals surface area (Å²) >= 11 is 0. The van der Waals surface area contributed by atoms with E-state index < -0.39 is 0 Å². The molecular formula is C32H51BN2O5. The minimum Gasteiger partial charge on any atom is -0.376 e. The maximum absolute atomic E-state index is 12.9. The topological polar surface area (TPSA) is 92.8 Å². The van der Waals surface area contributed by atoms with Crippen LogP contribution in [0, 0.1) is 11.3 Å². The summed E-state index contributed by atoms with van der Waals surface area (Å²) in [7, 11) is 1.62. The van der Waals surface area contributed by atoms with Gasteiger partial charge in [0.05, 0.1) is 17.0 Å². The van der Waals surface area contributed by atoms with E-state index in [1.54, 1.807) is 7.85 Å². The summed E-state index contributed by atoms with van der Waals surface area (Å²) < 4.78 is 6.12. The van der Waals surface area contributed by atoms with Crippen molar-refractivity contribution < 1.29 is 23.9 Å². The van der Waals surface area contributed by atoms with Crippen molar-refractivity contribution in [1.29, 1.82) is 0 Å². The van der Waals surface area contributed by atoms with E-state index >= 15 is 0 Å². The van der Waals surface area contributed by atoms with Crippen molar-refractivity contribution in [3.63, 3.8) is 0 Å². The highest BCUT2D eigenvalue weighted by Crippen LogP contribution is 2.33. The molecule has 1 aromatic rings. The quantitative estimate of drug-likeness (QED) is 0.241. The average Bonchev–Trinajstić information content (AvgIpc) is 3.14. The molecule has 0 radical (unpaired) electrons. The SMILES string of the molecule is BC(=O)C(C)(C)CCOC(C)(C)CCC(C)(C)NC(=O)CCC(C)(C)c1ccc(N2C(=O)CC(CC)C2=O)cc1. The van der Waals surface area contributed by atoms with Gasteiger partial charge in [0, 0.05) is 36.3 Å². The number of benzene rings is 1. The standard InChI is InChI=1S/C32H51BN2O5/c1-10-22-21-26(37)35(27(22)38)24-13-11-23(12-14-24)29(2,3)16-15-25(36)34-31(6,7)17-18-32(8,9)40-20-19-30(4,5)28(33)39/h11-14,22H,10,15-21,33H2,1-9H3,(H,34,36). The lowest BCUT2D eigenvalue weighted by atomic mass is 9.75. The van der Waals surface area contributed by atoms with Crippen LogP contribution in [0.25, 0.3) is 0 Å². The molecule has 1 N–H and O–H groups in total. The Kier molecular flexibility index (Phi) is 11.0. The Morgan fingerprint density at radius 1 is 0.950 bits per heavy atom. The maximum atomic E-state index is 12.9. The van der Waals surface area contributed by atoms with Gasteiger partial charge in [0.25, 0.3) is 0 Å². The highest BCUT2D eigenvalue weighted by molar-refractivity contribution is 6.58. The Hall–Kier alpha value is -2.48. The van der Waals surface area contributed by atoms with Crippen molar-refractivity contribution in [1.82, 2.24) is 5.32 Å². The summed E-state index contributed by atoms with van der Waals surface area (Å²) in [6, 6.07) is 7.57. The van der Waals surface area contributed by atoms with Gasteiger partial charge in [-0.3, -0.25) is 19.3 Å². The zero-order valence-electron chi connectivity index (χ0n) is 26.5. The van der Waals surface area contributed by atoms with Gasteiger partial charge >= 0.3 is 0 Å². The Labute approximate surface area is 242 Å². The first kappa shape index (κ1) is 33.7. The van der Waals surface area contributed by atoms with Gasteiger partial charge in [0.15, 0.2) is 7.85 Å². The van der Waals surface area contributed by atoms with E-state index in [2.05, 4.69) is 33.0 Å². The van der Waals surface area contributed by atoms with E-state index in [4.69, 9.17) is 4.74 Å². The lowest BCUT2D eigenvalue weighted by Gasteiger charge is -2.33. The van der Waals surface area contributed by atoms with Gasteiger partial charge in [-0.1, -0.05) is 46.8 Å². The van der Waals surface area contributed by atoms with E-state index in [0.717, 1.165) is 18.4 Å². The molecule has 3 amide bonds. The summed E-state index contributed by atoms with van der Waals surface area (Å²) in [5.74, 6) is -0.480. The number of hydrogen-bond acceptors (Lipinski definition) is 5. The molecule has 1 aliphatic heterocycles. The van der Waals surface area contributed by atoms with Crippen molar-refractivity contribution in [3.05, 3.63) is 29.8 Å². The zero-order valence-corrected chi connectivity index (χ0v) is 26.5. The number of ether oxygens (including phenoxy) is 1. The first-order chi connectivity index (χ1) is 18.3. The Bertz CT molecular complexity index is 1080. The lowest BCUT2D eigenvalue weighted by Crippen LogP contribution is -2.45. The van der Waals surface area contributed by atoms with Crippen LogP contribution in [0.2, 0.25) is 0 Å². The molecule has 7 nitrogen and oxygen atoms in total. The summed E-state index contributed by atoms with van der Waals surface area (Å²) in [6.45, 7) is 18.7. The van der Waals surface area contributed by atoms with Crippen molar-refractivity contribution in [2.75, 3.05) is 11.5 Å². The summed E-state index contributed by atoms with van der Waals surface area (Å²) in [5, 5.41) is 3.19. The van der Waals surface area contributed by atoms with E-state index in [1.165, 1.54) is 4.90 Å². The van der Waals surface area contributed by atoms with Crippen LogP contribution in [0.1, 0.15) is 113 Å². The number of hydrogen-bond donors (Lipinski definition) is 1. The molecule has 0 aliphatic carbocycles. The van der Waals surface area contributed by atoms with Crippen LogP contribution < -0.4 is 10.2 Å². The van der Waals surface area contributed by atoms with Crippen LogP contribution in [0.5, 0.6) is 0 Å². The van der Waals surface area contributed by atoms with Gasteiger partial charge in [-0.2, -0.15) is 0 Å². The molecule has 1 heterocycles. The molecule has 1 atom stereocenters. The molecule has 0 spiro atoms. The lowest BCUT2D eigenvalue weighted by molar-refractivity contribution is -0.124. The molecule has 1 aliphatic rings. The molecule has 0 aromatic heterocycles. The number of imide groups is 1. The summed E-state index contributed by atoms with van der Waals surface area (Å²) in [6.07, 6.45) is 4.21. The third-order valence-corrected chi connectivity index (χ3v) is 8.62. The van der Waals surface area contributed by atoms with Crippen LogP contribution in [-0.4, -0.2) is 49.0 Å². The van der Waals surface area contributed by atoms with Crippen LogP contribution in [0.15, 0.2) is 24.3 Å². The second-order valence-electron chi connectivity index (χ2n) is 14.0. The van der Waals surface area contributed by atoms with Crippen molar-refractivity contribution >= 4 is 36.9 Å². The number of amides is 3. The first-order valence-electron chi connectivity index (χ1n) is 14.7. The van der Waals surface area contributed by atoms with Crippen LogP contribution in [0.4, 0.5) is 5.69 Å². The number of nitrogens with one attached hydrogen (secondary N) is 1. The number of nitrogens with zero attached hydrogens (tertiary/aromatic N) is 1. The highest BCUT2D eigenvalue weighted by Gasteiger charge is 2.38. The molecule has 1 fully saturated rings. The minimum absolute atomic E-state index is 0.00972. The second kappa shape index (κ2) is 13.0. The Morgan fingerprint density at radius 3 is 2.08 bits per heavy atom. The summed E-state index contributed by atoms with van der Waals surface area (Å²) in [4.78, 5) is 50.9. The fourth-order valence-electron chi connectivity index (χ4n) is 4.86. The second-order valence-corrected chi connectivity index (χ2v) is 14.0. The monoisotopic (exact) mass is 554 g/mol. The van der Waals surface area contributed by atoms with Gasteiger partial charge in [-0.05, 0) is 82.9 Å². The number of rotatable bonds is 15. The largest absolute Gasteiger partial charge is 0.376 e. The summed E-state index contributed by atoms with van der Waals surface area (Å²) in [5.41, 5.74) is 0.453. The molecule has 0 saturated carbocycles. The molecule has 2 rings (SSSR count). The number of carbonyl (C=O) groups excluding carboxylic acids is 4. The molecule has 222 valence electrons. The highest BCUT2D eigenvalue weighted by atomic mass is 16.5. The molecule has 1 saturated heterocycles. The zero-order chi connectivity index (χ0) is 30.5. The predicted octanol–water partition coefficient (Wildman–Crippen LogP) is 5.08. The van der Waals surface area contributed by atoms with Gasteiger partial charge in [0.2, 0.25) is 17.7 Å². The smallest absolute Gasteiger partial charge is 0.237 e. The Morgan fingerprint density at radius 2 is 1.55 bits per heavy atom. The predicted molar refractivity (Wildman–Crippen MR) is 163 cm³/mol. The molecule has 1 aromatic carbocycles. The van der Waals surface area contributed by atoms with Gasteiger partial charge < -0.3 is 14.8 Å². The van der Waals surface area contributed by atoms with Gasteiger partial charge in [-0.25, -0.2) is 0 Å². The van der Waals surface area contributed by atoms with Crippen LogP contribution >= 0.6 is 0 Å². The number of anilines is 1. The molecule has 40 heavy (non-hydrogen) atoms. The fourth-order valence-corrected chi connectivity index (χ4v) is 4.86. The van der Waals surface area contributed by atoms with Crippen molar-refractivity contribution in [2.45, 2.75) is 124 Å². The van der Waals surface area contributed by atoms with Gasteiger partial charge in [-0.15, -0.1) is 0 Å². The first-order valence-corrected chi connectivity index (χ1v) is 14.7. The van der Waals surface area contributed by atoms with E-state index in [-0.39, 0.29) is 57.7 Å². The maximum Gasteiger partial charge on any atom is 0.237 e. The molecule has 0 bridgehead atoms. The van der Waals surface area contributed by atoms with Crippen LogP contribution in [-0.2, 0) is 29.3 Å². The molecule has 1 unspecified atom stereocenters. The van der Waals surface area contributed by atoms with Crippen molar-refractivity contribution in [2.24, 2.45) is 11.3 Å². The van der Waals surface area contributed by atoms with E-state index in [9.17, 15) is 19.2 Å². The van der Waals surface area contributed by atoms with E-state index in [1.807, 2.05) is 58.9 Å². The third kappa shape index (κ3) is 9.29. The fraction of sp³-hybridized carbons (Fsp3) is 0.688. The normalized spacial score (nSPS) is 16.9. The van der Waals surface area contributed by atoms with Crippen LogP contribution in [0.3, 0.4) is 0 Å². The van der Waals surface area contributed by atoms with Gasteiger partial charge in [0.1, 0.15) is 0 Å². The molecular weight excluding hydrogens is 503 g/mol. The van der Waals surface area contributed by atoms with Crippen molar-refractivity contribution in [3.8, 4) is 0 Å². The minimum atomic E-state index is -0.386.